The van der Waals surface area contributed by atoms with Gasteiger partial charge in [-0.05, 0) is 36.8 Å². The first kappa shape index (κ1) is 20.4. The number of Topliss-reactive ketones (excluding diaryl/α,β-unsaturated/α-hetero) is 1. The minimum absolute atomic E-state index is 0.128. The number of hydrogen-bond donors (Lipinski definition) is 2. The van der Waals surface area contributed by atoms with Gasteiger partial charge in [-0.15, -0.1) is 0 Å². The smallest absolute Gasteiger partial charge is 0.303 e. The highest BCUT2D eigenvalue weighted by Crippen LogP contribution is 2.38. The van der Waals surface area contributed by atoms with Gasteiger partial charge in [-0.1, -0.05) is 24.0 Å². The molecule has 28 heavy (non-hydrogen) atoms. The first-order valence-corrected chi connectivity index (χ1v) is 10.7. The van der Waals surface area contributed by atoms with E-state index in [1.807, 2.05) is 0 Å². The molecule has 0 aromatic carbocycles. The summed E-state index contributed by atoms with van der Waals surface area (Å²) in [4.78, 5) is 27.4. The molecule has 1 aliphatic heterocycles. The number of nitrogens with two attached hydrogens (primary N) is 1. The van der Waals surface area contributed by atoms with E-state index in [0.29, 0.717) is 26.2 Å². The fourth-order valence-electron chi connectivity index (χ4n) is 2.54. The lowest BCUT2D eigenvalue weighted by Crippen LogP contribution is -2.14. The molecule has 146 valence electrons. The van der Waals surface area contributed by atoms with Gasteiger partial charge >= 0.3 is 5.97 Å². The van der Waals surface area contributed by atoms with Crippen LogP contribution in [0.15, 0.2) is 44.8 Å². The molecule has 1 aliphatic rings. The van der Waals surface area contributed by atoms with Crippen LogP contribution in [0.1, 0.15) is 18.6 Å². The first-order chi connectivity index (χ1) is 13.1. The summed E-state index contributed by atoms with van der Waals surface area (Å²) < 4.78 is 28.6. The third kappa shape index (κ3) is 4.55. The average molecular weight is 439 g/mol. The molecular formula is C17H14N2O6S3. The second-order valence-corrected chi connectivity index (χ2v) is 9.20. The Morgan fingerprint density at radius 1 is 1.36 bits per heavy atom. The van der Waals surface area contributed by atoms with Crippen molar-refractivity contribution in [1.29, 1.82) is 0 Å². The number of primary sulfonamides is 1. The van der Waals surface area contributed by atoms with Crippen molar-refractivity contribution in [3.63, 3.8) is 0 Å². The highest BCUT2D eigenvalue weighted by atomic mass is 32.2. The van der Waals surface area contributed by atoms with Crippen molar-refractivity contribution in [3.05, 3.63) is 41.1 Å². The van der Waals surface area contributed by atoms with E-state index < -0.39 is 21.9 Å². The highest BCUT2D eigenvalue weighted by Gasteiger charge is 2.35. The minimum atomic E-state index is -3.88. The van der Waals surface area contributed by atoms with Crippen molar-refractivity contribution in [1.82, 2.24) is 4.98 Å². The Morgan fingerprint density at radius 2 is 2.11 bits per heavy atom. The Kier molecular flexibility index (Phi) is 5.79. The van der Waals surface area contributed by atoms with Crippen molar-refractivity contribution in [2.24, 2.45) is 11.1 Å². The van der Waals surface area contributed by atoms with E-state index in [1.165, 1.54) is 18.3 Å². The molecule has 3 N–H and O–H groups in total. The number of nitrogens with zero attached hydrogens (tertiary/aromatic N) is 1. The summed E-state index contributed by atoms with van der Waals surface area (Å²) in [6.45, 7) is 0. The van der Waals surface area contributed by atoms with Gasteiger partial charge in [-0.2, -0.15) is 0 Å². The molecule has 1 unspecified atom stereocenters. The first-order valence-electron chi connectivity index (χ1n) is 7.93. The summed E-state index contributed by atoms with van der Waals surface area (Å²) in [5, 5.41) is 13.5. The van der Waals surface area contributed by atoms with Crippen LogP contribution < -0.4 is 5.14 Å². The van der Waals surface area contributed by atoms with E-state index in [2.05, 4.69) is 4.98 Å². The molecule has 0 radical (unpaired) electrons. The van der Waals surface area contributed by atoms with Crippen LogP contribution >= 0.6 is 24.0 Å². The van der Waals surface area contributed by atoms with Crippen molar-refractivity contribution < 1.29 is 27.5 Å². The number of carboxylic acid groups (broad SMARTS) is 1. The van der Waals surface area contributed by atoms with Crippen molar-refractivity contribution in [3.8, 4) is 11.3 Å². The predicted octanol–water partition coefficient (Wildman–Crippen LogP) is 2.45. The van der Waals surface area contributed by atoms with Crippen LogP contribution in [0.4, 0.5) is 0 Å². The number of aromatic nitrogens is 1. The number of thiocarbonyl (C=S) groups is 1. The number of thioether (sulfide) groups is 1. The lowest BCUT2D eigenvalue weighted by atomic mass is 10.00. The summed E-state index contributed by atoms with van der Waals surface area (Å²) in [6, 6.07) is 6.09. The summed E-state index contributed by atoms with van der Waals surface area (Å²) in [5.74, 6) is -0.945. The van der Waals surface area contributed by atoms with E-state index >= 15 is 0 Å². The fourth-order valence-corrected chi connectivity index (χ4v) is 4.49. The highest BCUT2D eigenvalue weighted by molar-refractivity contribution is 8.27. The lowest BCUT2D eigenvalue weighted by molar-refractivity contribution is -0.137. The Labute approximate surface area is 169 Å². The molecule has 0 spiro atoms. The van der Waals surface area contributed by atoms with Crippen molar-refractivity contribution in [2.45, 2.75) is 17.9 Å². The molecule has 1 saturated heterocycles. The van der Waals surface area contributed by atoms with Crippen LogP contribution in [0.2, 0.25) is 0 Å². The number of allylic oxidation sites excluding steroid dienone is 1. The third-order valence-corrected chi connectivity index (χ3v) is 6.30. The average Bonchev–Trinajstić information content (AvgIpc) is 3.18. The molecule has 2 aromatic rings. The van der Waals surface area contributed by atoms with Crippen LogP contribution in [0, 0.1) is 5.92 Å². The number of sulfonamides is 1. The minimum Gasteiger partial charge on any atom is -0.481 e. The molecule has 3 heterocycles. The van der Waals surface area contributed by atoms with Gasteiger partial charge in [-0.25, -0.2) is 18.5 Å². The maximum absolute atomic E-state index is 12.5. The molecule has 0 amide bonds. The van der Waals surface area contributed by atoms with E-state index in [-0.39, 0.29) is 23.7 Å². The lowest BCUT2D eigenvalue weighted by Gasteiger charge is -2.03. The number of carboxylic acids is 1. The zero-order chi connectivity index (χ0) is 20.5. The molecule has 11 heteroatoms. The summed E-state index contributed by atoms with van der Waals surface area (Å²) in [6.07, 6.45) is 2.91. The molecule has 3 rings (SSSR count). The van der Waals surface area contributed by atoms with Gasteiger partial charge in [-0.3, -0.25) is 9.59 Å². The Balaban J connectivity index is 1.78. The van der Waals surface area contributed by atoms with E-state index in [1.54, 1.807) is 18.2 Å². The maximum atomic E-state index is 12.5. The van der Waals surface area contributed by atoms with Gasteiger partial charge in [0.1, 0.15) is 11.5 Å². The molecule has 8 nitrogen and oxygen atoms in total. The van der Waals surface area contributed by atoms with Gasteiger partial charge in [0, 0.05) is 18.2 Å². The van der Waals surface area contributed by atoms with Gasteiger partial charge < -0.3 is 9.52 Å². The summed E-state index contributed by atoms with van der Waals surface area (Å²) in [7, 11) is -3.88. The Hall–Kier alpha value is -2.34. The monoisotopic (exact) mass is 438 g/mol. The van der Waals surface area contributed by atoms with E-state index in [9.17, 15) is 18.0 Å². The SMILES string of the molecule is NS(=O)(=O)c1ccc(-c2ccc(/C=C3\SC(=S)C(CCC(=O)O)C3=O)o2)cn1. The Bertz CT molecular complexity index is 1090. The van der Waals surface area contributed by atoms with E-state index in [0.717, 1.165) is 11.8 Å². The van der Waals surface area contributed by atoms with Crippen LogP contribution in [0.3, 0.4) is 0 Å². The number of ketones is 1. The topological polar surface area (TPSA) is 141 Å². The zero-order valence-corrected chi connectivity index (χ0v) is 16.6. The number of hydrogen-bond acceptors (Lipinski definition) is 8. The second kappa shape index (κ2) is 7.95. The number of aliphatic carboxylic acids is 1. The molecule has 2 aromatic heterocycles. The van der Waals surface area contributed by atoms with Crippen LogP contribution in [-0.4, -0.2) is 34.5 Å². The van der Waals surface area contributed by atoms with Crippen LogP contribution in [0.25, 0.3) is 17.4 Å². The van der Waals surface area contributed by atoms with Gasteiger partial charge in [0.2, 0.25) is 0 Å². The van der Waals surface area contributed by atoms with Crippen molar-refractivity contribution in [2.75, 3.05) is 0 Å². The van der Waals surface area contributed by atoms with E-state index in [4.69, 9.17) is 26.9 Å². The Morgan fingerprint density at radius 3 is 2.71 bits per heavy atom. The number of carbonyl (C=O) groups is 2. The summed E-state index contributed by atoms with van der Waals surface area (Å²) in [5.41, 5.74) is 0.539. The van der Waals surface area contributed by atoms with Gasteiger partial charge in [0.05, 0.1) is 15.0 Å². The standard InChI is InChI=1S/C17H14N2O6S3/c18-28(23,24)14-5-1-9(8-19-14)12-4-2-10(25-12)7-13-16(22)11(17(26)27-13)3-6-15(20)21/h1-2,4-5,7-8,11H,3,6H2,(H,20,21)(H2,18,23,24)/b13-7-. The molecule has 0 bridgehead atoms. The normalized spacial score (nSPS) is 18.8. The zero-order valence-electron chi connectivity index (χ0n) is 14.2. The van der Waals surface area contributed by atoms with Crippen LogP contribution in [0.5, 0.6) is 0 Å². The number of rotatable bonds is 6. The molecule has 1 atom stereocenters. The molecule has 0 aliphatic carbocycles. The van der Waals surface area contributed by atoms with Gasteiger partial charge in [0.15, 0.2) is 10.8 Å². The predicted molar refractivity (Wildman–Crippen MR) is 107 cm³/mol. The second-order valence-electron chi connectivity index (χ2n) is 5.91. The maximum Gasteiger partial charge on any atom is 0.303 e. The van der Waals surface area contributed by atoms with Crippen molar-refractivity contribution >= 4 is 56.0 Å². The van der Waals surface area contributed by atoms with Gasteiger partial charge in [0.25, 0.3) is 10.0 Å². The summed E-state index contributed by atoms with van der Waals surface area (Å²) >= 11 is 6.33. The molecule has 0 saturated carbocycles. The number of furan rings is 1. The van der Waals surface area contributed by atoms with Crippen LogP contribution in [-0.2, 0) is 19.6 Å². The third-order valence-electron chi connectivity index (χ3n) is 3.91. The number of pyridine rings is 1. The quantitative estimate of drug-likeness (QED) is 0.514. The molecule has 1 fully saturated rings. The molecular weight excluding hydrogens is 424 g/mol. The number of carbonyl (C=O) groups excluding carboxylic acids is 1. The largest absolute Gasteiger partial charge is 0.481 e. The fraction of sp³-hybridized carbons (Fsp3) is 0.176.